The Kier molecular flexibility index (Phi) is 4.92. The van der Waals surface area contributed by atoms with E-state index in [1.807, 2.05) is 18.2 Å². The molecule has 2 nitrogen and oxygen atoms in total. The molecule has 1 N–H and O–H groups in total. The van der Waals surface area contributed by atoms with Crippen LogP contribution in [0.2, 0.25) is 5.02 Å². The van der Waals surface area contributed by atoms with Crippen molar-refractivity contribution in [3.63, 3.8) is 0 Å². The van der Waals surface area contributed by atoms with Crippen LogP contribution in [0.15, 0.2) is 18.2 Å². The summed E-state index contributed by atoms with van der Waals surface area (Å²) < 4.78 is 5.18. The molecular weight excluding hydrogens is 210 g/mol. The highest BCUT2D eigenvalue weighted by molar-refractivity contribution is 6.32. The van der Waals surface area contributed by atoms with E-state index in [0.717, 1.165) is 18.7 Å². The van der Waals surface area contributed by atoms with Crippen LogP contribution in [-0.2, 0) is 0 Å². The molecule has 1 atom stereocenters. The number of halogens is 1. The van der Waals surface area contributed by atoms with Gasteiger partial charge >= 0.3 is 0 Å². The number of hydrogen-bond acceptors (Lipinski definition) is 2. The molecule has 0 aromatic heterocycles. The molecule has 0 bridgehead atoms. The number of benzene rings is 1. The van der Waals surface area contributed by atoms with Gasteiger partial charge in [-0.2, -0.15) is 0 Å². The van der Waals surface area contributed by atoms with Crippen molar-refractivity contribution in [2.24, 2.45) is 0 Å². The molecule has 1 aromatic carbocycles. The molecule has 0 saturated heterocycles. The highest BCUT2D eigenvalue weighted by Crippen LogP contribution is 2.27. The fourth-order valence-corrected chi connectivity index (χ4v) is 1.62. The lowest BCUT2D eigenvalue weighted by Crippen LogP contribution is -2.19. The summed E-state index contributed by atoms with van der Waals surface area (Å²) in [6.07, 6.45) is 1.13. The minimum Gasteiger partial charge on any atom is -0.495 e. The summed E-state index contributed by atoms with van der Waals surface area (Å²) in [6.45, 7) is 5.31. The van der Waals surface area contributed by atoms with E-state index in [2.05, 4.69) is 19.2 Å². The molecule has 1 rings (SSSR count). The largest absolute Gasteiger partial charge is 0.495 e. The van der Waals surface area contributed by atoms with E-state index < -0.39 is 0 Å². The lowest BCUT2D eigenvalue weighted by Gasteiger charge is -2.15. The van der Waals surface area contributed by atoms with Gasteiger partial charge in [-0.3, -0.25) is 0 Å². The number of nitrogens with one attached hydrogen (secondary N) is 1. The number of methoxy groups -OCH3 is 1. The van der Waals surface area contributed by atoms with Crippen LogP contribution in [0.25, 0.3) is 0 Å². The van der Waals surface area contributed by atoms with Crippen molar-refractivity contribution in [3.8, 4) is 5.75 Å². The zero-order valence-corrected chi connectivity index (χ0v) is 10.3. The van der Waals surface area contributed by atoms with Crippen molar-refractivity contribution in [2.45, 2.75) is 26.3 Å². The molecular formula is C12H18ClNO. The third-order valence-electron chi connectivity index (χ3n) is 2.38. The lowest BCUT2D eigenvalue weighted by molar-refractivity contribution is 0.413. The Hall–Kier alpha value is -0.730. The van der Waals surface area contributed by atoms with Crippen molar-refractivity contribution < 1.29 is 4.74 Å². The molecule has 0 radical (unpaired) electrons. The average molecular weight is 228 g/mol. The predicted molar refractivity (Wildman–Crippen MR) is 64.7 cm³/mol. The molecule has 0 aliphatic rings. The zero-order chi connectivity index (χ0) is 11.3. The van der Waals surface area contributed by atoms with E-state index in [4.69, 9.17) is 16.3 Å². The third-order valence-corrected chi connectivity index (χ3v) is 2.69. The minimum atomic E-state index is 0.330. The SMILES string of the molecule is CCCNC(C)c1ccc(Cl)c(OC)c1. The number of hydrogen-bond donors (Lipinski definition) is 1. The lowest BCUT2D eigenvalue weighted by atomic mass is 10.1. The van der Waals surface area contributed by atoms with Crippen LogP contribution in [0.1, 0.15) is 31.9 Å². The Labute approximate surface area is 96.6 Å². The summed E-state index contributed by atoms with van der Waals surface area (Å²) in [5.74, 6) is 0.735. The second-order valence-electron chi connectivity index (χ2n) is 3.57. The zero-order valence-electron chi connectivity index (χ0n) is 9.51. The van der Waals surface area contributed by atoms with Crippen LogP contribution in [0.5, 0.6) is 5.75 Å². The average Bonchev–Trinajstić information content (AvgIpc) is 2.26. The van der Waals surface area contributed by atoms with Crippen molar-refractivity contribution in [1.82, 2.24) is 5.32 Å². The minimum absolute atomic E-state index is 0.330. The van der Waals surface area contributed by atoms with Crippen molar-refractivity contribution >= 4 is 11.6 Å². The number of rotatable bonds is 5. The smallest absolute Gasteiger partial charge is 0.137 e. The first-order valence-electron chi connectivity index (χ1n) is 5.25. The Bertz CT molecular complexity index is 314. The van der Waals surface area contributed by atoms with Gasteiger partial charge in [-0.15, -0.1) is 0 Å². The third kappa shape index (κ3) is 3.40. The van der Waals surface area contributed by atoms with Crippen LogP contribution >= 0.6 is 11.6 Å². The van der Waals surface area contributed by atoms with Gasteiger partial charge in [0.05, 0.1) is 12.1 Å². The maximum absolute atomic E-state index is 5.96. The second kappa shape index (κ2) is 5.99. The van der Waals surface area contributed by atoms with Gasteiger partial charge in [0.1, 0.15) is 5.75 Å². The summed E-state index contributed by atoms with van der Waals surface area (Å²) in [5, 5.41) is 4.08. The van der Waals surface area contributed by atoms with Crippen LogP contribution in [-0.4, -0.2) is 13.7 Å². The molecule has 0 fully saturated rings. The maximum atomic E-state index is 5.96. The van der Waals surface area contributed by atoms with Crippen LogP contribution in [0.4, 0.5) is 0 Å². The summed E-state index contributed by atoms with van der Waals surface area (Å²) in [5.41, 5.74) is 1.20. The molecule has 0 heterocycles. The molecule has 84 valence electrons. The van der Waals surface area contributed by atoms with Gasteiger partial charge in [0.2, 0.25) is 0 Å². The highest BCUT2D eigenvalue weighted by Gasteiger charge is 2.07. The molecule has 0 aliphatic carbocycles. The summed E-state index contributed by atoms with van der Waals surface area (Å²) >= 11 is 5.96. The Morgan fingerprint density at radius 3 is 2.80 bits per heavy atom. The van der Waals surface area contributed by atoms with E-state index in [9.17, 15) is 0 Å². The first-order valence-corrected chi connectivity index (χ1v) is 5.63. The molecule has 1 aromatic rings. The van der Waals surface area contributed by atoms with Crippen molar-refractivity contribution in [3.05, 3.63) is 28.8 Å². The summed E-state index contributed by atoms with van der Waals surface area (Å²) in [6, 6.07) is 6.21. The van der Waals surface area contributed by atoms with E-state index in [-0.39, 0.29) is 0 Å². The van der Waals surface area contributed by atoms with E-state index in [1.165, 1.54) is 5.56 Å². The van der Waals surface area contributed by atoms with E-state index >= 15 is 0 Å². The van der Waals surface area contributed by atoms with E-state index in [1.54, 1.807) is 7.11 Å². The summed E-state index contributed by atoms with van der Waals surface area (Å²) in [4.78, 5) is 0. The normalized spacial score (nSPS) is 12.5. The monoisotopic (exact) mass is 227 g/mol. The second-order valence-corrected chi connectivity index (χ2v) is 3.98. The van der Waals surface area contributed by atoms with Gasteiger partial charge in [-0.25, -0.2) is 0 Å². The molecule has 0 saturated carbocycles. The van der Waals surface area contributed by atoms with Crippen LogP contribution < -0.4 is 10.1 Å². The molecule has 15 heavy (non-hydrogen) atoms. The summed E-state index contributed by atoms with van der Waals surface area (Å²) in [7, 11) is 1.63. The first-order chi connectivity index (χ1) is 7.19. The molecule has 0 spiro atoms. The standard InChI is InChI=1S/C12H18ClNO/c1-4-7-14-9(2)10-5-6-11(13)12(8-10)15-3/h5-6,8-9,14H,4,7H2,1-3H3. The van der Waals surface area contributed by atoms with Crippen molar-refractivity contribution in [1.29, 1.82) is 0 Å². The van der Waals surface area contributed by atoms with E-state index in [0.29, 0.717) is 11.1 Å². The van der Waals surface area contributed by atoms with Gasteiger partial charge in [-0.1, -0.05) is 24.6 Å². The molecule has 0 amide bonds. The van der Waals surface area contributed by atoms with Gasteiger partial charge < -0.3 is 10.1 Å². The molecule has 1 unspecified atom stereocenters. The fourth-order valence-electron chi connectivity index (χ4n) is 1.42. The van der Waals surface area contributed by atoms with Gasteiger partial charge in [-0.05, 0) is 37.6 Å². The Morgan fingerprint density at radius 1 is 1.47 bits per heavy atom. The van der Waals surface area contributed by atoms with Crippen molar-refractivity contribution in [2.75, 3.05) is 13.7 Å². The van der Waals surface area contributed by atoms with Crippen LogP contribution in [0.3, 0.4) is 0 Å². The van der Waals surface area contributed by atoms with Crippen LogP contribution in [0, 0.1) is 0 Å². The highest BCUT2D eigenvalue weighted by atomic mass is 35.5. The first kappa shape index (κ1) is 12.3. The van der Waals surface area contributed by atoms with Gasteiger partial charge in [0.25, 0.3) is 0 Å². The van der Waals surface area contributed by atoms with Gasteiger partial charge in [0.15, 0.2) is 0 Å². The fraction of sp³-hybridized carbons (Fsp3) is 0.500. The Balaban J connectivity index is 2.76. The predicted octanol–water partition coefficient (Wildman–Crippen LogP) is 3.41. The Morgan fingerprint density at radius 2 is 2.20 bits per heavy atom. The quantitative estimate of drug-likeness (QED) is 0.833. The number of ether oxygens (including phenoxy) is 1. The van der Waals surface area contributed by atoms with Gasteiger partial charge in [0, 0.05) is 6.04 Å². The molecule has 3 heteroatoms. The maximum Gasteiger partial charge on any atom is 0.137 e. The molecule has 0 aliphatic heterocycles. The topological polar surface area (TPSA) is 21.3 Å².